The van der Waals surface area contributed by atoms with Crippen molar-refractivity contribution in [3.63, 3.8) is 0 Å². The number of carbonyl (C=O) groups is 1. The zero-order chi connectivity index (χ0) is 19.1. The second-order valence-electron chi connectivity index (χ2n) is 7.13. The van der Waals surface area contributed by atoms with Gasteiger partial charge in [-0.15, -0.1) is 0 Å². The summed E-state index contributed by atoms with van der Waals surface area (Å²) in [5.74, 6) is 0.0613. The SMILES string of the molecule is NC(=O)c1cccc2c(C3[CH]C3)cn(Cc3ccc(-c4ccncc4)cn3)c12. The van der Waals surface area contributed by atoms with Gasteiger partial charge < -0.3 is 10.3 Å². The Bertz CT molecular complexity index is 1160. The number of nitrogens with zero attached hydrogens (tertiary/aromatic N) is 3. The highest BCUT2D eigenvalue weighted by molar-refractivity contribution is 6.06. The molecule has 1 unspecified atom stereocenters. The van der Waals surface area contributed by atoms with E-state index < -0.39 is 5.91 Å². The fraction of sp³-hybridized carbons (Fsp3) is 0.130. The maximum Gasteiger partial charge on any atom is 0.250 e. The first-order chi connectivity index (χ1) is 13.7. The molecule has 3 aromatic heterocycles. The molecule has 0 saturated heterocycles. The summed E-state index contributed by atoms with van der Waals surface area (Å²) >= 11 is 0. The highest BCUT2D eigenvalue weighted by atomic mass is 16.1. The molecule has 1 aliphatic carbocycles. The lowest BCUT2D eigenvalue weighted by Crippen LogP contribution is -2.13. The van der Waals surface area contributed by atoms with E-state index in [1.807, 2.05) is 30.5 Å². The summed E-state index contributed by atoms with van der Waals surface area (Å²) in [7, 11) is 0. The van der Waals surface area contributed by atoms with Gasteiger partial charge in [-0.05, 0) is 54.2 Å². The van der Waals surface area contributed by atoms with Crippen molar-refractivity contribution in [2.75, 3.05) is 0 Å². The smallest absolute Gasteiger partial charge is 0.250 e. The van der Waals surface area contributed by atoms with Crippen LogP contribution in [0.3, 0.4) is 0 Å². The van der Waals surface area contributed by atoms with Crippen LogP contribution in [-0.4, -0.2) is 20.4 Å². The van der Waals surface area contributed by atoms with E-state index in [-0.39, 0.29) is 0 Å². The fourth-order valence-corrected chi connectivity index (χ4v) is 3.74. The number of primary amides is 1. The minimum absolute atomic E-state index is 0.405. The highest BCUT2D eigenvalue weighted by Gasteiger charge is 2.28. The number of rotatable bonds is 5. The van der Waals surface area contributed by atoms with Crippen molar-refractivity contribution in [3.05, 3.63) is 90.5 Å². The number of para-hydroxylation sites is 1. The van der Waals surface area contributed by atoms with Crippen LogP contribution in [-0.2, 0) is 6.54 Å². The lowest BCUT2D eigenvalue weighted by atomic mass is 10.1. The Morgan fingerprint density at radius 1 is 1.11 bits per heavy atom. The summed E-state index contributed by atoms with van der Waals surface area (Å²) in [6.45, 7) is 0.587. The summed E-state index contributed by atoms with van der Waals surface area (Å²) in [6, 6.07) is 13.8. The Hall–Kier alpha value is -3.47. The van der Waals surface area contributed by atoms with Crippen LogP contribution in [0.4, 0.5) is 0 Å². The van der Waals surface area contributed by atoms with Gasteiger partial charge in [0.05, 0.1) is 23.3 Å². The predicted octanol–water partition coefficient (Wildman–Crippen LogP) is 3.94. The average molecular weight is 367 g/mol. The first-order valence-electron chi connectivity index (χ1n) is 9.31. The standard InChI is InChI=1S/C23H19N4O/c24-23(28)20-3-1-2-19-21(16-4-5-16)14-27(22(19)20)13-18-7-6-17(12-26-18)15-8-10-25-11-9-15/h1-4,6-12,14,16H,5,13H2,(H2,24,28). The Labute approximate surface area is 162 Å². The van der Waals surface area contributed by atoms with Crippen LogP contribution in [0.1, 0.15) is 34.0 Å². The van der Waals surface area contributed by atoms with Gasteiger partial charge in [0.2, 0.25) is 0 Å². The molecule has 137 valence electrons. The lowest BCUT2D eigenvalue weighted by Gasteiger charge is -2.08. The summed E-state index contributed by atoms with van der Waals surface area (Å²) in [5.41, 5.74) is 11.4. The molecule has 2 N–H and O–H groups in total. The summed E-state index contributed by atoms with van der Waals surface area (Å²) in [5, 5.41) is 1.10. The van der Waals surface area contributed by atoms with E-state index in [1.54, 1.807) is 18.5 Å². The highest BCUT2D eigenvalue weighted by Crippen LogP contribution is 2.43. The zero-order valence-corrected chi connectivity index (χ0v) is 15.2. The van der Waals surface area contributed by atoms with Gasteiger partial charge in [0.25, 0.3) is 5.91 Å². The number of hydrogen-bond acceptors (Lipinski definition) is 3. The molecule has 1 fully saturated rings. The Kier molecular flexibility index (Phi) is 3.93. The van der Waals surface area contributed by atoms with Crippen molar-refractivity contribution < 1.29 is 4.79 Å². The Morgan fingerprint density at radius 3 is 2.61 bits per heavy atom. The van der Waals surface area contributed by atoms with Crippen molar-refractivity contribution in [1.29, 1.82) is 0 Å². The molecule has 0 aliphatic heterocycles. The van der Waals surface area contributed by atoms with Gasteiger partial charge in [-0.2, -0.15) is 0 Å². The second kappa shape index (κ2) is 6.60. The van der Waals surface area contributed by atoms with Gasteiger partial charge in [-0.3, -0.25) is 14.8 Å². The van der Waals surface area contributed by atoms with E-state index in [0.29, 0.717) is 18.0 Å². The molecule has 28 heavy (non-hydrogen) atoms. The first-order valence-corrected chi connectivity index (χ1v) is 9.31. The van der Waals surface area contributed by atoms with E-state index in [1.165, 1.54) is 5.56 Å². The van der Waals surface area contributed by atoms with Crippen molar-refractivity contribution in [3.8, 4) is 11.1 Å². The molecule has 1 aliphatic rings. The number of aromatic nitrogens is 3. The van der Waals surface area contributed by atoms with Gasteiger partial charge >= 0.3 is 0 Å². The van der Waals surface area contributed by atoms with E-state index >= 15 is 0 Å². The fourth-order valence-electron chi connectivity index (χ4n) is 3.74. The molecular formula is C23H19N4O. The van der Waals surface area contributed by atoms with Crippen LogP contribution >= 0.6 is 0 Å². The van der Waals surface area contributed by atoms with Crippen LogP contribution in [0.15, 0.2) is 67.3 Å². The summed E-state index contributed by atoms with van der Waals surface area (Å²) in [4.78, 5) is 20.7. The first kappa shape index (κ1) is 16.7. The molecule has 5 rings (SSSR count). The number of hydrogen-bond donors (Lipinski definition) is 1. The number of pyridine rings is 2. The summed E-state index contributed by atoms with van der Waals surface area (Å²) in [6.07, 6.45) is 10.9. The van der Waals surface area contributed by atoms with Gasteiger partial charge in [0.1, 0.15) is 0 Å². The van der Waals surface area contributed by atoms with E-state index in [0.717, 1.165) is 34.1 Å². The Balaban J connectivity index is 1.54. The number of nitrogens with two attached hydrogens (primary N) is 1. The van der Waals surface area contributed by atoms with Crippen LogP contribution in [0, 0.1) is 6.42 Å². The molecule has 1 atom stereocenters. The summed E-state index contributed by atoms with van der Waals surface area (Å²) < 4.78 is 2.10. The monoisotopic (exact) mass is 367 g/mol. The maximum atomic E-state index is 12.0. The second-order valence-corrected chi connectivity index (χ2v) is 7.13. The Morgan fingerprint density at radius 2 is 1.93 bits per heavy atom. The minimum Gasteiger partial charge on any atom is -0.366 e. The van der Waals surface area contributed by atoms with Crippen molar-refractivity contribution >= 4 is 16.8 Å². The third kappa shape index (κ3) is 2.95. The lowest BCUT2D eigenvalue weighted by molar-refractivity contribution is 0.100. The molecule has 4 aromatic rings. The molecule has 0 bridgehead atoms. The van der Waals surface area contributed by atoms with E-state index in [2.05, 4.69) is 39.3 Å². The minimum atomic E-state index is -0.405. The third-order valence-corrected chi connectivity index (χ3v) is 5.24. The average Bonchev–Trinajstić information content (AvgIpc) is 3.51. The molecule has 5 nitrogen and oxygen atoms in total. The molecule has 1 radical (unpaired) electrons. The molecule has 5 heteroatoms. The van der Waals surface area contributed by atoms with Crippen LogP contribution in [0.25, 0.3) is 22.0 Å². The maximum absolute atomic E-state index is 12.0. The normalized spacial score (nSPS) is 13.7. The van der Waals surface area contributed by atoms with Gasteiger partial charge in [0.15, 0.2) is 0 Å². The third-order valence-electron chi connectivity index (χ3n) is 5.24. The number of carbonyl (C=O) groups excluding carboxylic acids is 1. The molecular weight excluding hydrogens is 348 g/mol. The van der Waals surface area contributed by atoms with E-state index in [4.69, 9.17) is 5.73 Å². The van der Waals surface area contributed by atoms with Gasteiger partial charge in [-0.25, -0.2) is 0 Å². The number of benzene rings is 1. The largest absolute Gasteiger partial charge is 0.366 e. The zero-order valence-electron chi connectivity index (χ0n) is 15.2. The quantitative estimate of drug-likeness (QED) is 0.581. The van der Waals surface area contributed by atoms with Crippen molar-refractivity contribution in [1.82, 2.24) is 14.5 Å². The van der Waals surface area contributed by atoms with Crippen LogP contribution in [0.2, 0.25) is 0 Å². The molecule has 1 amide bonds. The van der Waals surface area contributed by atoms with Crippen LogP contribution in [0.5, 0.6) is 0 Å². The van der Waals surface area contributed by atoms with Gasteiger partial charge in [0, 0.05) is 35.7 Å². The van der Waals surface area contributed by atoms with Crippen molar-refractivity contribution in [2.45, 2.75) is 18.9 Å². The van der Waals surface area contributed by atoms with Gasteiger partial charge in [-0.1, -0.05) is 18.2 Å². The van der Waals surface area contributed by atoms with Crippen LogP contribution < -0.4 is 5.73 Å². The number of amides is 1. The predicted molar refractivity (Wildman–Crippen MR) is 109 cm³/mol. The molecule has 0 spiro atoms. The number of fused-ring (bicyclic) bond motifs is 1. The molecule has 3 heterocycles. The molecule has 1 saturated carbocycles. The molecule has 1 aromatic carbocycles. The van der Waals surface area contributed by atoms with E-state index in [9.17, 15) is 4.79 Å². The topological polar surface area (TPSA) is 73.8 Å². The van der Waals surface area contributed by atoms with Crippen molar-refractivity contribution in [2.24, 2.45) is 5.73 Å².